The predicted octanol–water partition coefficient (Wildman–Crippen LogP) is 16.0. The van der Waals surface area contributed by atoms with Crippen molar-refractivity contribution < 1.29 is 0 Å². The number of benzene rings is 9. The van der Waals surface area contributed by atoms with Crippen molar-refractivity contribution in [1.82, 2.24) is 19.5 Å². The summed E-state index contributed by atoms with van der Waals surface area (Å²) >= 11 is 3.85. The van der Waals surface area contributed by atoms with Crippen LogP contribution in [0.5, 0.6) is 0 Å². The standard InChI is InChI=1S/C57H34N4S2/c1-3-12-37(13-4-1)55-58-56(38-14-5-2-6-15-38)60-57(59-55)39-24-22-35(23-25-39)36-26-29-41(30-27-36)61-49-20-9-7-16-43(49)48-34-40(28-33-50(48)61)42-18-11-19-45-47-32-31-46-44-17-8-10-21-51(44)62-53(46)54(47)63-52(42)45/h1-34H. The summed E-state index contributed by atoms with van der Waals surface area (Å²) in [6, 6.07) is 73.6. The van der Waals surface area contributed by atoms with Gasteiger partial charge in [-0.3, -0.25) is 0 Å². The molecule has 63 heavy (non-hydrogen) atoms. The lowest BCUT2D eigenvalue weighted by atomic mass is 10.0. The molecule has 4 heterocycles. The van der Waals surface area contributed by atoms with E-state index in [9.17, 15) is 0 Å². The van der Waals surface area contributed by atoms with Gasteiger partial charge in [0, 0.05) is 64.1 Å². The molecule has 0 spiro atoms. The van der Waals surface area contributed by atoms with E-state index < -0.39 is 0 Å². The summed E-state index contributed by atoms with van der Waals surface area (Å²) in [4.78, 5) is 14.7. The van der Waals surface area contributed by atoms with Crippen LogP contribution >= 0.6 is 22.7 Å². The van der Waals surface area contributed by atoms with Crippen LogP contribution in [0.15, 0.2) is 206 Å². The molecule has 0 aliphatic rings. The lowest BCUT2D eigenvalue weighted by Gasteiger charge is -2.11. The molecule has 0 bridgehead atoms. The highest BCUT2D eigenvalue weighted by molar-refractivity contribution is 7.33. The fourth-order valence-electron chi connectivity index (χ4n) is 9.24. The third-order valence-corrected chi connectivity index (χ3v) is 14.9. The molecule has 0 unspecified atom stereocenters. The number of nitrogens with zero attached hydrogens (tertiary/aromatic N) is 4. The van der Waals surface area contributed by atoms with Crippen LogP contribution in [-0.4, -0.2) is 19.5 Å². The first-order valence-corrected chi connectivity index (χ1v) is 22.7. The Bertz CT molecular complexity index is 3830. The van der Waals surface area contributed by atoms with Gasteiger partial charge in [0.15, 0.2) is 17.5 Å². The Labute approximate surface area is 370 Å². The fourth-order valence-corrected chi connectivity index (χ4v) is 11.9. The smallest absolute Gasteiger partial charge is 0.164 e. The Kier molecular flexibility index (Phi) is 8.22. The number of rotatable bonds is 6. The maximum Gasteiger partial charge on any atom is 0.164 e. The summed E-state index contributed by atoms with van der Waals surface area (Å²) in [6.07, 6.45) is 0. The van der Waals surface area contributed by atoms with Crippen LogP contribution in [-0.2, 0) is 0 Å². The molecule has 9 aromatic carbocycles. The van der Waals surface area contributed by atoms with Gasteiger partial charge in [-0.1, -0.05) is 170 Å². The molecule has 0 saturated carbocycles. The Balaban J connectivity index is 0.854. The van der Waals surface area contributed by atoms with Crippen LogP contribution in [0.3, 0.4) is 0 Å². The van der Waals surface area contributed by atoms with E-state index in [1.807, 2.05) is 83.3 Å². The quantitative estimate of drug-likeness (QED) is 0.168. The van der Waals surface area contributed by atoms with Crippen molar-refractivity contribution in [2.45, 2.75) is 0 Å². The molecule has 0 aliphatic heterocycles. The maximum absolute atomic E-state index is 4.93. The highest BCUT2D eigenvalue weighted by Gasteiger charge is 2.18. The van der Waals surface area contributed by atoms with Gasteiger partial charge in [0.05, 0.1) is 20.4 Å². The van der Waals surface area contributed by atoms with Crippen LogP contribution in [0.4, 0.5) is 0 Å². The van der Waals surface area contributed by atoms with Crippen molar-refractivity contribution in [3.8, 4) is 62.1 Å². The van der Waals surface area contributed by atoms with Gasteiger partial charge in [0.1, 0.15) is 0 Å². The lowest BCUT2D eigenvalue weighted by Crippen LogP contribution is -2.00. The summed E-state index contributed by atoms with van der Waals surface area (Å²) in [6.45, 7) is 0. The summed E-state index contributed by atoms with van der Waals surface area (Å²) in [5, 5.41) is 7.85. The second-order valence-electron chi connectivity index (χ2n) is 15.9. The highest BCUT2D eigenvalue weighted by atomic mass is 32.1. The molecule has 0 saturated heterocycles. The van der Waals surface area contributed by atoms with E-state index in [2.05, 4.69) is 150 Å². The van der Waals surface area contributed by atoms with Crippen molar-refractivity contribution in [1.29, 1.82) is 0 Å². The minimum Gasteiger partial charge on any atom is -0.309 e. The maximum atomic E-state index is 4.93. The Hall–Kier alpha value is -7.77. The van der Waals surface area contributed by atoms with Gasteiger partial charge in [-0.2, -0.15) is 0 Å². The highest BCUT2D eigenvalue weighted by Crippen LogP contribution is 2.47. The van der Waals surface area contributed by atoms with E-state index >= 15 is 0 Å². The van der Waals surface area contributed by atoms with Gasteiger partial charge in [-0.25, -0.2) is 15.0 Å². The van der Waals surface area contributed by atoms with Crippen LogP contribution < -0.4 is 0 Å². The van der Waals surface area contributed by atoms with Crippen LogP contribution in [0.1, 0.15) is 0 Å². The second kappa shape index (κ2) is 14.4. The first-order valence-electron chi connectivity index (χ1n) is 21.1. The van der Waals surface area contributed by atoms with Crippen molar-refractivity contribution in [3.05, 3.63) is 206 Å². The fraction of sp³-hybridized carbons (Fsp3) is 0. The van der Waals surface area contributed by atoms with Crippen molar-refractivity contribution in [2.75, 3.05) is 0 Å². The summed E-state index contributed by atoms with van der Waals surface area (Å²) < 4.78 is 7.85. The first-order chi connectivity index (χ1) is 31.2. The molecule has 13 rings (SSSR count). The van der Waals surface area contributed by atoms with Crippen LogP contribution in [0.2, 0.25) is 0 Å². The largest absolute Gasteiger partial charge is 0.309 e. The molecule has 0 aliphatic carbocycles. The molecule has 0 N–H and O–H groups in total. The third-order valence-electron chi connectivity index (χ3n) is 12.3. The molecule has 0 fully saturated rings. The topological polar surface area (TPSA) is 43.6 Å². The van der Waals surface area contributed by atoms with Gasteiger partial charge in [-0.15, -0.1) is 22.7 Å². The molecule has 4 nitrogen and oxygen atoms in total. The Morgan fingerprint density at radius 1 is 0.302 bits per heavy atom. The zero-order chi connectivity index (χ0) is 41.4. The predicted molar refractivity (Wildman–Crippen MR) is 267 cm³/mol. The number of aromatic nitrogens is 4. The van der Waals surface area contributed by atoms with Crippen LogP contribution in [0, 0.1) is 0 Å². The van der Waals surface area contributed by atoms with Gasteiger partial charge in [0.2, 0.25) is 0 Å². The monoisotopic (exact) mass is 838 g/mol. The molecule has 0 radical (unpaired) electrons. The van der Waals surface area contributed by atoms with Gasteiger partial charge >= 0.3 is 0 Å². The molecular formula is C57H34N4S2. The Morgan fingerprint density at radius 2 is 0.794 bits per heavy atom. The number of thiophene rings is 2. The SMILES string of the molecule is c1ccc(-c2nc(-c3ccccc3)nc(-c3ccc(-c4ccc(-n5c6ccccc6c6cc(-c7cccc8c7sc7c8ccc8c9ccccc9sc87)ccc65)cc4)cc3)n2)cc1. The zero-order valence-electron chi connectivity index (χ0n) is 33.7. The molecular weight excluding hydrogens is 805 g/mol. The van der Waals surface area contributed by atoms with E-state index in [0.717, 1.165) is 33.5 Å². The summed E-state index contributed by atoms with van der Waals surface area (Å²) in [5.41, 5.74) is 11.1. The van der Waals surface area contributed by atoms with E-state index in [0.29, 0.717) is 17.5 Å². The average Bonchev–Trinajstić information content (AvgIpc) is 4.04. The lowest BCUT2D eigenvalue weighted by molar-refractivity contribution is 1.07. The van der Waals surface area contributed by atoms with E-state index in [-0.39, 0.29) is 0 Å². The van der Waals surface area contributed by atoms with Crippen molar-refractivity contribution in [3.63, 3.8) is 0 Å². The third kappa shape index (κ3) is 5.91. The normalized spacial score (nSPS) is 11.8. The van der Waals surface area contributed by atoms with Crippen molar-refractivity contribution >= 4 is 84.8 Å². The zero-order valence-corrected chi connectivity index (χ0v) is 35.4. The number of hydrogen-bond acceptors (Lipinski definition) is 5. The number of para-hydroxylation sites is 1. The molecule has 294 valence electrons. The Morgan fingerprint density at radius 3 is 1.49 bits per heavy atom. The van der Waals surface area contributed by atoms with Gasteiger partial charge in [0.25, 0.3) is 0 Å². The number of fused-ring (bicyclic) bond motifs is 10. The average molecular weight is 839 g/mol. The van der Waals surface area contributed by atoms with Gasteiger partial charge in [-0.05, 0) is 58.7 Å². The minimum atomic E-state index is 0.647. The van der Waals surface area contributed by atoms with Crippen molar-refractivity contribution in [2.24, 2.45) is 0 Å². The molecule has 0 amide bonds. The molecule has 6 heteroatoms. The second-order valence-corrected chi connectivity index (χ2v) is 18.0. The summed E-state index contributed by atoms with van der Waals surface area (Å²) in [7, 11) is 0. The molecule has 0 atom stereocenters. The molecule has 13 aromatic rings. The van der Waals surface area contributed by atoms with Gasteiger partial charge < -0.3 is 4.57 Å². The number of hydrogen-bond donors (Lipinski definition) is 0. The first kappa shape index (κ1) is 35.9. The van der Waals surface area contributed by atoms with E-state index in [1.165, 1.54) is 73.3 Å². The van der Waals surface area contributed by atoms with E-state index in [4.69, 9.17) is 15.0 Å². The van der Waals surface area contributed by atoms with Crippen LogP contribution in [0.25, 0.3) is 124 Å². The minimum absolute atomic E-state index is 0.647. The van der Waals surface area contributed by atoms with E-state index in [1.54, 1.807) is 0 Å². The summed E-state index contributed by atoms with van der Waals surface area (Å²) in [5.74, 6) is 1.96. The molecule has 4 aromatic heterocycles.